The number of carbonyl (C=O) groups excluding carboxylic acids is 3. The Morgan fingerprint density at radius 1 is 1.03 bits per heavy atom. The number of likely N-dealkylation sites (tertiary alicyclic amines) is 1. The zero-order valence-electron chi connectivity index (χ0n) is 18.3. The van der Waals surface area contributed by atoms with Crippen molar-refractivity contribution < 1.29 is 24.3 Å². The van der Waals surface area contributed by atoms with Crippen molar-refractivity contribution in [2.24, 2.45) is 17.2 Å². The number of rotatable bonds is 14. The third-order valence-corrected chi connectivity index (χ3v) is 5.44. The lowest BCUT2D eigenvalue weighted by Crippen LogP contribution is -2.56. The van der Waals surface area contributed by atoms with Crippen LogP contribution in [0.2, 0.25) is 0 Å². The Morgan fingerprint density at radius 2 is 1.65 bits per heavy atom. The molecular weight excluding hydrogens is 404 g/mol. The standard InChI is InChI=1S/C20H38N6O5/c1-13(24-17(27)14(23)7-2-4-10-21)19(29)26-12-6-9-16(26)18(28)25-15(20(30)31)8-3-5-11-22/h13-16H,2-12,21-23H2,1H3,(H,24,27)(H,25,28)(H,30,31)/t13-,14-,15-,16-/m0/s1. The van der Waals surface area contributed by atoms with Crippen LogP contribution in [0.15, 0.2) is 0 Å². The van der Waals surface area contributed by atoms with Gasteiger partial charge in [0.15, 0.2) is 0 Å². The van der Waals surface area contributed by atoms with Crippen LogP contribution in [0.1, 0.15) is 58.3 Å². The molecule has 178 valence electrons. The van der Waals surface area contributed by atoms with E-state index in [0.29, 0.717) is 51.7 Å². The van der Waals surface area contributed by atoms with E-state index in [4.69, 9.17) is 17.2 Å². The molecule has 1 heterocycles. The van der Waals surface area contributed by atoms with Gasteiger partial charge in [0.05, 0.1) is 6.04 Å². The van der Waals surface area contributed by atoms with Gasteiger partial charge in [0, 0.05) is 6.54 Å². The fourth-order valence-corrected chi connectivity index (χ4v) is 3.59. The second-order valence-corrected chi connectivity index (χ2v) is 7.99. The van der Waals surface area contributed by atoms with Gasteiger partial charge in [0.2, 0.25) is 17.7 Å². The summed E-state index contributed by atoms with van der Waals surface area (Å²) in [7, 11) is 0. The van der Waals surface area contributed by atoms with Gasteiger partial charge in [-0.15, -0.1) is 0 Å². The fourth-order valence-electron chi connectivity index (χ4n) is 3.59. The topological polar surface area (TPSA) is 194 Å². The average molecular weight is 443 g/mol. The molecule has 0 radical (unpaired) electrons. The predicted molar refractivity (Wildman–Crippen MR) is 116 cm³/mol. The fraction of sp³-hybridized carbons (Fsp3) is 0.800. The first-order chi connectivity index (χ1) is 14.7. The Bertz CT molecular complexity index is 617. The Kier molecular flexibility index (Phi) is 12.1. The zero-order valence-corrected chi connectivity index (χ0v) is 18.3. The van der Waals surface area contributed by atoms with Crippen LogP contribution in [0, 0.1) is 0 Å². The summed E-state index contributed by atoms with van der Waals surface area (Å²) >= 11 is 0. The first kappa shape index (κ1) is 26.8. The van der Waals surface area contributed by atoms with E-state index in [1.54, 1.807) is 6.92 Å². The summed E-state index contributed by atoms with van der Waals surface area (Å²) in [6, 6.07) is -3.37. The van der Waals surface area contributed by atoms with Gasteiger partial charge in [-0.25, -0.2) is 4.79 Å². The summed E-state index contributed by atoms with van der Waals surface area (Å²) in [6.07, 6.45) is 4.53. The molecule has 0 aromatic rings. The monoisotopic (exact) mass is 442 g/mol. The van der Waals surface area contributed by atoms with Crippen molar-refractivity contribution in [2.75, 3.05) is 19.6 Å². The van der Waals surface area contributed by atoms with Gasteiger partial charge in [0.25, 0.3) is 0 Å². The Morgan fingerprint density at radius 3 is 2.23 bits per heavy atom. The molecule has 0 aliphatic carbocycles. The molecule has 4 atom stereocenters. The van der Waals surface area contributed by atoms with Crippen LogP contribution >= 0.6 is 0 Å². The van der Waals surface area contributed by atoms with Crippen molar-refractivity contribution in [1.29, 1.82) is 0 Å². The van der Waals surface area contributed by atoms with Gasteiger partial charge >= 0.3 is 5.97 Å². The molecule has 9 N–H and O–H groups in total. The van der Waals surface area contributed by atoms with Gasteiger partial charge in [-0.1, -0.05) is 6.42 Å². The van der Waals surface area contributed by atoms with Crippen molar-refractivity contribution in [3.8, 4) is 0 Å². The maximum atomic E-state index is 12.9. The van der Waals surface area contributed by atoms with E-state index in [0.717, 1.165) is 12.8 Å². The molecule has 11 heteroatoms. The summed E-state index contributed by atoms with van der Waals surface area (Å²) in [6.45, 7) is 2.89. The number of hydrogen-bond acceptors (Lipinski definition) is 7. The highest BCUT2D eigenvalue weighted by Gasteiger charge is 2.37. The lowest BCUT2D eigenvalue weighted by Gasteiger charge is -2.28. The molecule has 1 aliphatic heterocycles. The molecule has 0 aromatic heterocycles. The SMILES string of the molecule is C[C@H](NC(=O)[C@@H](N)CCCCN)C(=O)N1CCC[C@H]1C(=O)N[C@@H](CCCCN)C(=O)O. The van der Waals surface area contributed by atoms with Crippen molar-refractivity contribution >= 4 is 23.7 Å². The highest BCUT2D eigenvalue weighted by atomic mass is 16.4. The van der Waals surface area contributed by atoms with Crippen LogP contribution in [0.5, 0.6) is 0 Å². The van der Waals surface area contributed by atoms with E-state index in [-0.39, 0.29) is 6.42 Å². The summed E-state index contributed by atoms with van der Waals surface area (Å²) in [5, 5.41) is 14.5. The molecule has 1 rings (SSSR count). The Labute approximate surface area is 183 Å². The van der Waals surface area contributed by atoms with Crippen LogP contribution in [-0.2, 0) is 19.2 Å². The van der Waals surface area contributed by atoms with Crippen LogP contribution in [-0.4, -0.2) is 77.5 Å². The predicted octanol–water partition coefficient (Wildman–Crippen LogP) is -1.36. The van der Waals surface area contributed by atoms with E-state index in [1.165, 1.54) is 4.90 Å². The minimum Gasteiger partial charge on any atom is -0.480 e. The summed E-state index contributed by atoms with van der Waals surface area (Å²) < 4.78 is 0. The number of carboxylic acids is 1. The number of nitrogens with zero attached hydrogens (tertiary/aromatic N) is 1. The van der Waals surface area contributed by atoms with Crippen LogP contribution in [0.3, 0.4) is 0 Å². The third kappa shape index (κ3) is 8.80. The summed E-state index contributed by atoms with van der Waals surface area (Å²) in [5.74, 6) is -2.44. The van der Waals surface area contributed by atoms with E-state index < -0.39 is 47.9 Å². The quantitative estimate of drug-likeness (QED) is 0.177. The molecule has 31 heavy (non-hydrogen) atoms. The summed E-state index contributed by atoms with van der Waals surface area (Å²) in [5.41, 5.74) is 16.7. The normalized spacial score (nSPS) is 18.8. The van der Waals surface area contributed by atoms with E-state index in [9.17, 15) is 24.3 Å². The van der Waals surface area contributed by atoms with Gasteiger partial charge in [-0.3, -0.25) is 14.4 Å². The molecule has 0 saturated carbocycles. The van der Waals surface area contributed by atoms with Crippen molar-refractivity contribution in [2.45, 2.75) is 82.5 Å². The van der Waals surface area contributed by atoms with Crippen LogP contribution in [0.4, 0.5) is 0 Å². The largest absolute Gasteiger partial charge is 0.480 e. The molecule has 0 spiro atoms. The third-order valence-electron chi connectivity index (χ3n) is 5.44. The summed E-state index contributed by atoms with van der Waals surface area (Å²) in [4.78, 5) is 50.6. The minimum atomic E-state index is -1.12. The van der Waals surface area contributed by atoms with Gasteiger partial charge in [0.1, 0.15) is 18.1 Å². The number of unbranched alkanes of at least 4 members (excludes halogenated alkanes) is 2. The number of aliphatic carboxylic acids is 1. The highest BCUT2D eigenvalue weighted by Crippen LogP contribution is 2.19. The Hall–Kier alpha value is -2.24. The number of carboxylic acid groups (broad SMARTS) is 1. The molecular formula is C20H38N6O5. The highest BCUT2D eigenvalue weighted by molar-refractivity contribution is 5.94. The number of amides is 3. The maximum Gasteiger partial charge on any atom is 0.326 e. The number of carbonyl (C=O) groups is 4. The number of hydrogen-bond donors (Lipinski definition) is 6. The second-order valence-electron chi connectivity index (χ2n) is 7.99. The van der Waals surface area contributed by atoms with Crippen molar-refractivity contribution in [3.05, 3.63) is 0 Å². The van der Waals surface area contributed by atoms with Crippen LogP contribution in [0.25, 0.3) is 0 Å². The molecule has 0 unspecified atom stereocenters. The first-order valence-corrected chi connectivity index (χ1v) is 11.0. The smallest absolute Gasteiger partial charge is 0.326 e. The molecule has 11 nitrogen and oxygen atoms in total. The first-order valence-electron chi connectivity index (χ1n) is 11.0. The average Bonchev–Trinajstić information content (AvgIpc) is 3.22. The zero-order chi connectivity index (χ0) is 23.4. The molecule has 0 aromatic carbocycles. The van der Waals surface area contributed by atoms with Crippen LogP contribution < -0.4 is 27.8 Å². The maximum absolute atomic E-state index is 12.9. The molecule has 3 amide bonds. The number of nitrogens with two attached hydrogens (primary N) is 3. The van der Waals surface area contributed by atoms with Gasteiger partial charge in [-0.05, 0) is 65.0 Å². The molecule has 1 aliphatic rings. The van der Waals surface area contributed by atoms with Gasteiger partial charge < -0.3 is 37.8 Å². The number of nitrogens with one attached hydrogen (secondary N) is 2. The van der Waals surface area contributed by atoms with E-state index in [1.807, 2.05) is 0 Å². The Balaban J connectivity index is 2.65. The van der Waals surface area contributed by atoms with E-state index in [2.05, 4.69) is 10.6 Å². The van der Waals surface area contributed by atoms with Crippen molar-refractivity contribution in [3.63, 3.8) is 0 Å². The van der Waals surface area contributed by atoms with Gasteiger partial charge in [-0.2, -0.15) is 0 Å². The lowest BCUT2D eigenvalue weighted by molar-refractivity contribution is -0.145. The van der Waals surface area contributed by atoms with Crippen molar-refractivity contribution in [1.82, 2.24) is 15.5 Å². The molecule has 1 fully saturated rings. The lowest BCUT2D eigenvalue weighted by atomic mass is 10.1. The molecule has 0 bridgehead atoms. The molecule has 1 saturated heterocycles. The van der Waals surface area contributed by atoms with E-state index >= 15 is 0 Å². The second kappa shape index (κ2) is 13.9. The minimum absolute atomic E-state index is 0.271.